The van der Waals surface area contributed by atoms with Crippen LogP contribution in [0.5, 0.6) is 0 Å². The number of nitrogens with one attached hydrogen (secondary N) is 1. The third-order valence-electron chi connectivity index (χ3n) is 5.97. The Kier molecular flexibility index (Phi) is 7.47. The Hall–Kier alpha value is -2.98. The molecule has 1 N–H and O–H groups in total. The average molecular weight is 497 g/mol. The highest BCUT2D eigenvalue weighted by atomic mass is 32.2. The smallest absolute Gasteiger partial charge is 0.275 e. The number of anilines is 1. The van der Waals surface area contributed by atoms with E-state index < -0.39 is 0 Å². The Bertz CT molecular complexity index is 1210. The number of carbonyl (C=O) groups is 2. The molecule has 4 heterocycles. The van der Waals surface area contributed by atoms with Crippen LogP contribution in [-0.4, -0.2) is 55.3 Å². The molecule has 34 heavy (non-hydrogen) atoms. The first-order chi connectivity index (χ1) is 16.4. The molecule has 0 unspecified atom stereocenters. The molecule has 3 aromatic heterocycles. The average Bonchev–Trinajstić information content (AvgIpc) is 3.44. The summed E-state index contributed by atoms with van der Waals surface area (Å²) < 4.78 is 1.75. The van der Waals surface area contributed by atoms with Crippen molar-refractivity contribution in [2.24, 2.45) is 7.05 Å². The summed E-state index contributed by atoms with van der Waals surface area (Å²) in [5.74, 6) is 0.732. The normalized spacial score (nSPS) is 14.3. The van der Waals surface area contributed by atoms with Crippen LogP contribution in [0, 0.1) is 13.8 Å². The van der Waals surface area contributed by atoms with Gasteiger partial charge in [0.05, 0.1) is 27.6 Å². The van der Waals surface area contributed by atoms with Crippen molar-refractivity contribution in [2.75, 3.05) is 24.2 Å². The van der Waals surface area contributed by atoms with E-state index in [-0.39, 0.29) is 17.7 Å². The van der Waals surface area contributed by atoms with Crippen LogP contribution in [0.2, 0.25) is 0 Å². The van der Waals surface area contributed by atoms with E-state index in [9.17, 15) is 9.59 Å². The highest BCUT2D eigenvalue weighted by Gasteiger charge is 2.28. The molecule has 0 bridgehead atoms. The molecule has 8 nitrogen and oxygen atoms in total. The molecule has 0 aromatic carbocycles. The Morgan fingerprint density at radius 3 is 2.76 bits per heavy atom. The Morgan fingerprint density at radius 2 is 2.09 bits per heavy atom. The monoisotopic (exact) mass is 496 g/mol. The van der Waals surface area contributed by atoms with Crippen molar-refractivity contribution in [2.45, 2.75) is 37.6 Å². The Morgan fingerprint density at radius 1 is 1.32 bits per heavy atom. The fourth-order valence-electron chi connectivity index (χ4n) is 4.02. The zero-order valence-electron chi connectivity index (χ0n) is 19.6. The SMILES string of the molecule is C=CCSc1ncccc1C(=O)N1CCC(c2nc(C(=O)Nc3c(C)nn(C)c3C)cs2)CC1. The lowest BCUT2D eigenvalue weighted by atomic mass is 9.97. The van der Waals surface area contributed by atoms with Crippen LogP contribution in [0.4, 0.5) is 5.69 Å². The van der Waals surface area contributed by atoms with Crippen LogP contribution in [0.1, 0.15) is 56.0 Å². The van der Waals surface area contributed by atoms with E-state index in [4.69, 9.17) is 0 Å². The third kappa shape index (κ3) is 5.07. The minimum Gasteiger partial charge on any atom is -0.339 e. The first-order valence-corrected chi connectivity index (χ1v) is 13.0. The number of likely N-dealkylation sites (tertiary alicyclic amines) is 1. The number of aryl methyl sites for hydroxylation is 2. The van der Waals surface area contributed by atoms with Crippen molar-refractivity contribution in [3.05, 3.63) is 64.0 Å². The molecule has 1 aliphatic heterocycles. The summed E-state index contributed by atoms with van der Waals surface area (Å²) >= 11 is 3.02. The van der Waals surface area contributed by atoms with Gasteiger partial charge in [-0.25, -0.2) is 9.97 Å². The number of hydrogen-bond donors (Lipinski definition) is 1. The molecular formula is C24H28N6O2S2. The molecular weight excluding hydrogens is 468 g/mol. The van der Waals surface area contributed by atoms with Crippen LogP contribution < -0.4 is 5.32 Å². The largest absolute Gasteiger partial charge is 0.339 e. The van der Waals surface area contributed by atoms with Gasteiger partial charge >= 0.3 is 0 Å². The minimum absolute atomic E-state index is 0.0135. The van der Waals surface area contributed by atoms with Crippen molar-refractivity contribution in [1.29, 1.82) is 0 Å². The molecule has 2 amide bonds. The fourth-order valence-corrected chi connectivity index (χ4v) is 5.71. The van der Waals surface area contributed by atoms with Gasteiger partial charge in [-0.2, -0.15) is 5.10 Å². The second-order valence-electron chi connectivity index (χ2n) is 8.22. The first kappa shape index (κ1) is 24.2. The lowest BCUT2D eigenvalue weighted by molar-refractivity contribution is 0.0708. The van der Waals surface area contributed by atoms with Crippen molar-refractivity contribution < 1.29 is 9.59 Å². The second-order valence-corrected chi connectivity index (χ2v) is 10.1. The third-order valence-corrected chi connectivity index (χ3v) is 7.98. The zero-order valence-corrected chi connectivity index (χ0v) is 21.2. The van der Waals surface area contributed by atoms with E-state index in [1.807, 2.05) is 37.2 Å². The predicted octanol–water partition coefficient (Wildman–Crippen LogP) is 4.44. The molecule has 10 heteroatoms. The molecule has 0 atom stereocenters. The quantitative estimate of drug-likeness (QED) is 0.384. The van der Waals surface area contributed by atoms with Gasteiger partial charge in [-0.15, -0.1) is 29.7 Å². The highest BCUT2D eigenvalue weighted by molar-refractivity contribution is 7.99. The maximum atomic E-state index is 13.1. The number of carbonyl (C=O) groups excluding carboxylic acids is 2. The number of thiazole rings is 1. The van der Waals surface area contributed by atoms with Gasteiger partial charge < -0.3 is 10.2 Å². The number of amides is 2. The highest BCUT2D eigenvalue weighted by Crippen LogP contribution is 2.32. The minimum atomic E-state index is -0.226. The maximum absolute atomic E-state index is 13.1. The van der Waals surface area contributed by atoms with Crippen molar-refractivity contribution in [1.82, 2.24) is 24.6 Å². The molecule has 0 saturated carbocycles. The molecule has 1 fully saturated rings. The van der Waals surface area contributed by atoms with Crippen molar-refractivity contribution in [3.63, 3.8) is 0 Å². The molecule has 0 spiro atoms. The van der Waals surface area contributed by atoms with E-state index in [0.29, 0.717) is 30.1 Å². The molecule has 178 valence electrons. The van der Waals surface area contributed by atoms with E-state index >= 15 is 0 Å². The first-order valence-electron chi connectivity index (χ1n) is 11.1. The Labute approximate surface area is 207 Å². The standard InChI is InChI=1S/C24H28N6O2S2/c1-5-13-33-23-18(7-6-10-25-23)24(32)30-11-8-17(9-12-30)22-26-19(14-34-22)21(31)27-20-15(2)28-29(4)16(20)3/h5-7,10,14,17H,1,8-9,11-13H2,2-4H3,(H,27,31). The van der Waals surface area contributed by atoms with Gasteiger partial charge in [-0.05, 0) is 38.8 Å². The fraction of sp³-hybridized carbons (Fsp3) is 0.375. The maximum Gasteiger partial charge on any atom is 0.275 e. The van der Waals surface area contributed by atoms with Crippen LogP contribution in [0.15, 0.2) is 41.4 Å². The van der Waals surface area contributed by atoms with E-state index in [0.717, 1.165) is 40.0 Å². The van der Waals surface area contributed by atoms with Gasteiger partial charge in [0.25, 0.3) is 11.8 Å². The summed E-state index contributed by atoms with van der Waals surface area (Å²) in [6, 6.07) is 3.64. The zero-order chi connectivity index (χ0) is 24.2. The number of rotatable bonds is 7. The summed E-state index contributed by atoms with van der Waals surface area (Å²) in [6.07, 6.45) is 5.15. The number of aromatic nitrogens is 4. The Balaban J connectivity index is 1.37. The topological polar surface area (TPSA) is 93.0 Å². The lowest BCUT2D eigenvalue weighted by Gasteiger charge is -2.31. The summed E-state index contributed by atoms with van der Waals surface area (Å²) in [7, 11) is 1.85. The summed E-state index contributed by atoms with van der Waals surface area (Å²) in [4.78, 5) is 36.8. The van der Waals surface area contributed by atoms with Gasteiger partial charge in [0.1, 0.15) is 10.7 Å². The van der Waals surface area contributed by atoms with E-state index in [1.54, 1.807) is 23.0 Å². The number of pyridine rings is 1. The number of piperidine rings is 1. The predicted molar refractivity (Wildman–Crippen MR) is 136 cm³/mol. The van der Waals surface area contributed by atoms with E-state index in [2.05, 4.69) is 27.0 Å². The molecule has 0 aliphatic carbocycles. The summed E-state index contributed by atoms with van der Waals surface area (Å²) in [5, 5.41) is 10.8. The van der Waals surface area contributed by atoms with Crippen molar-refractivity contribution >= 4 is 40.6 Å². The molecule has 1 aliphatic rings. The lowest BCUT2D eigenvalue weighted by Crippen LogP contribution is -2.38. The number of hydrogen-bond acceptors (Lipinski definition) is 7. The number of thioether (sulfide) groups is 1. The molecule has 1 saturated heterocycles. The van der Waals surface area contributed by atoms with Gasteiger partial charge in [-0.1, -0.05) is 6.08 Å². The second kappa shape index (κ2) is 10.5. The summed E-state index contributed by atoms with van der Waals surface area (Å²) in [6.45, 7) is 8.84. The van der Waals surface area contributed by atoms with Crippen molar-refractivity contribution in [3.8, 4) is 0 Å². The van der Waals surface area contributed by atoms with Gasteiger partial charge in [0.2, 0.25) is 0 Å². The van der Waals surface area contributed by atoms with Crippen LogP contribution in [-0.2, 0) is 7.05 Å². The summed E-state index contributed by atoms with van der Waals surface area (Å²) in [5.41, 5.74) is 3.47. The number of nitrogens with zero attached hydrogens (tertiary/aromatic N) is 5. The van der Waals surface area contributed by atoms with Crippen LogP contribution in [0.3, 0.4) is 0 Å². The molecule has 0 radical (unpaired) electrons. The van der Waals surface area contributed by atoms with Crippen LogP contribution >= 0.6 is 23.1 Å². The van der Waals surface area contributed by atoms with E-state index in [1.165, 1.54) is 23.1 Å². The van der Waals surface area contributed by atoms with Gasteiger partial charge in [0, 0.05) is 43.4 Å². The molecule has 4 rings (SSSR count). The van der Waals surface area contributed by atoms with Crippen LogP contribution in [0.25, 0.3) is 0 Å². The van der Waals surface area contributed by atoms with Gasteiger partial charge in [-0.3, -0.25) is 14.3 Å². The van der Waals surface area contributed by atoms with Gasteiger partial charge in [0.15, 0.2) is 0 Å². The molecule has 3 aromatic rings.